The van der Waals surface area contributed by atoms with E-state index in [4.69, 9.17) is 0 Å². The van der Waals surface area contributed by atoms with Crippen LogP contribution >= 0.6 is 11.8 Å². The molecule has 8 heteroatoms. The van der Waals surface area contributed by atoms with Gasteiger partial charge in [-0.1, -0.05) is 60.2 Å². The van der Waals surface area contributed by atoms with Crippen LogP contribution in [-0.4, -0.2) is 39.2 Å². The van der Waals surface area contributed by atoms with Crippen molar-refractivity contribution in [1.29, 1.82) is 0 Å². The number of hydrogen-bond acceptors (Lipinski definition) is 6. The van der Waals surface area contributed by atoms with Gasteiger partial charge in [0, 0.05) is 52.5 Å². The number of non-ortho nitro benzene ring substituents is 1. The Balaban J connectivity index is 1.61. The van der Waals surface area contributed by atoms with Crippen LogP contribution in [0.15, 0.2) is 72.8 Å². The number of aryl methyl sites for hydroxylation is 1. The minimum absolute atomic E-state index is 0.0153. The summed E-state index contributed by atoms with van der Waals surface area (Å²) in [5.74, 6) is -0.0904. The van der Waals surface area contributed by atoms with E-state index in [-0.39, 0.29) is 29.3 Å². The van der Waals surface area contributed by atoms with Gasteiger partial charge in [-0.05, 0) is 18.6 Å². The maximum absolute atomic E-state index is 14.4. The highest BCUT2D eigenvalue weighted by Crippen LogP contribution is 2.61. The highest BCUT2D eigenvalue weighted by atomic mass is 32.2. The van der Waals surface area contributed by atoms with E-state index in [1.165, 1.54) is 6.07 Å². The van der Waals surface area contributed by atoms with Gasteiger partial charge in [0.2, 0.25) is 5.91 Å². The van der Waals surface area contributed by atoms with Crippen LogP contribution in [0.4, 0.5) is 11.4 Å². The topological polar surface area (TPSA) is 92.5 Å². The number of Topliss-reactive ketones (excluding diaryl/α,β-unsaturated/α-hetero) is 1. The van der Waals surface area contributed by atoms with Gasteiger partial charge in [-0.15, -0.1) is 11.8 Å². The second kappa shape index (κ2) is 8.03. The number of nitrogens with zero attached hydrogens (tertiary/aromatic N) is 2. The quantitative estimate of drug-likeness (QED) is 0.327. The Bertz CT molecular complexity index is 1370. The van der Waals surface area contributed by atoms with E-state index in [9.17, 15) is 19.7 Å². The molecule has 176 valence electrons. The number of ketones is 1. The van der Waals surface area contributed by atoms with E-state index in [1.807, 2.05) is 61.5 Å². The van der Waals surface area contributed by atoms with Crippen LogP contribution in [0.1, 0.15) is 33.0 Å². The first-order valence-corrected chi connectivity index (χ1v) is 12.7. The summed E-state index contributed by atoms with van der Waals surface area (Å²) in [6.07, 6.45) is 0. The number of nitro groups is 1. The highest BCUT2D eigenvalue weighted by Gasteiger charge is 2.69. The van der Waals surface area contributed by atoms with E-state index < -0.39 is 16.4 Å². The van der Waals surface area contributed by atoms with E-state index >= 15 is 0 Å². The third-order valence-corrected chi connectivity index (χ3v) is 8.65. The van der Waals surface area contributed by atoms with Crippen LogP contribution in [-0.2, 0) is 10.3 Å². The number of benzene rings is 3. The molecule has 1 amide bonds. The number of nitrogens with one attached hydrogen (secondary N) is 1. The summed E-state index contributed by atoms with van der Waals surface area (Å²) in [7, 11) is 0. The van der Waals surface area contributed by atoms with E-state index in [2.05, 4.69) is 10.2 Å². The summed E-state index contributed by atoms with van der Waals surface area (Å²) in [6.45, 7) is 1.96. The van der Waals surface area contributed by atoms with Gasteiger partial charge >= 0.3 is 0 Å². The zero-order valence-electron chi connectivity index (χ0n) is 19.0. The van der Waals surface area contributed by atoms with Crippen molar-refractivity contribution in [1.82, 2.24) is 4.90 Å². The number of carbonyl (C=O) groups is 2. The first kappa shape index (κ1) is 22.0. The summed E-state index contributed by atoms with van der Waals surface area (Å²) in [6, 6.07) is 21.4. The summed E-state index contributed by atoms with van der Waals surface area (Å²) in [5, 5.41) is 14.6. The van der Waals surface area contributed by atoms with Crippen LogP contribution in [0.3, 0.4) is 0 Å². The number of carbonyl (C=O) groups excluding carboxylic acids is 2. The molecule has 3 aliphatic heterocycles. The normalized spacial score (nSPS) is 27.0. The van der Waals surface area contributed by atoms with Gasteiger partial charge in [0.15, 0.2) is 5.78 Å². The fourth-order valence-electron chi connectivity index (χ4n) is 6.15. The Morgan fingerprint density at radius 2 is 1.89 bits per heavy atom. The van der Waals surface area contributed by atoms with Crippen LogP contribution in [0.25, 0.3) is 0 Å². The average Bonchev–Trinajstić information content (AvgIpc) is 3.52. The SMILES string of the molecule is Cc1ccc(C(=O)[C@@H]2[C@H](c3cccc([N+](=O)[O-])c3)[C@H]3CSCN3[C@@]23C(=O)Nc2ccccc23)cc1. The summed E-state index contributed by atoms with van der Waals surface area (Å²) in [5.41, 5.74) is 2.63. The summed E-state index contributed by atoms with van der Waals surface area (Å²) >= 11 is 1.72. The number of rotatable bonds is 4. The summed E-state index contributed by atoms with van der Waals surface area (Å²) in [4.78, 5) is 41.6. The lowest BCUT2D eigenvalue weighted by molar-refractivity contribution is -0.384. The van der Waals surface area contributed by atoms with Crippen molar-refractivity contribution in [2.75, 3.05) is 16.9 Å². The standard InChI is InChI=1S/C27H23N3O4S/c1-16-9-11-17(12-10-16)25(31)24-23(18-5-4-6-19(13-18)30(33)34)22-14-35-15-29(22)27(24)20-7-2-3-8-21(20)28-26(27)32/h2-13,22-24H,14-15H2,1H3,(H,28,32)/t22-,23-,24+,27-/m1/s1. The van der Waals surface area contributed by atoms with Gasteiger partial charge < -0.3 is 5.32 Å². The lowest BCUT2D eigenvalue weighted by Crippen LogP contribution is -2.52. The fourth-order valence-corrected chi connectivity index (χ4v) is 7.47. The molecular weight excluding hydrogens is 462 g/mol. The van der Waals surface area contributed by atoms with Gasteiger partial charge in [0.05, 0.1) is 10.8 Å². The molecule has 0 saturated carbocycles. The molecule has 4 atom stereocenters. The van der Waals surface area contributed by atoms with Crippen LogP contribution in [0, 0.1) is 23.0 Å². The van der Waals surface area contributed by atoms with Crippen molar-refractivity contribution in [3.05, 3.63) is 105 Å². The fraction of sp³-hybridized carbons (Fsp3) is 0.259. The van der Waals surface area contributed by atoms with Crippen LogP contribution in [0.5, 0.6) is 0 Å². The average molecular weight is 486 g/mol. The first-order valence-electron chi connectivity index (χ1n) is 11.5. The number of anilines is 1. The molecule has 3 aromatic carbocycles. The van der Waals surface area contributed by atoms with Gasteiger partial charge in [-0.2, -0.15) is 0 Å². The molecule has 0 radical (unpaired) electrons. The third-order valence-electron chi connectivity index (χ3n) is 7.61. The molecule has 35 heavy (non-hydrogen) atoms. The molecule has 3 heterocycles. The minimum Gasteiger partial charge on any atom is -0.324 e. The number of thioether (sulfide) groups is 1. The molecular formula is C27H23N3O4S. The Morgan fingerprint density at radius 3 is 2.66 bits per heavy atom. The van der Waals surface area contributed by atoms with Crippen molar-refractivity contribution >= 4 is 34.8 Å². The van der Waals surface area contributed by atoms with Crippen molar-refractivity contribution in [2.24, 2.45) is 5.92 Å². The lowest BCUT2D eigenvalue weighted by atomic mass is 9.69. The van der Waals surface area contributed by atoms with Crippen molar-refractivity contribution < 1.29 is 14.5 Å². The molecule has 1 N–H and O–H groups in total. The van der Waals surface area contributed by atoms with Gasteiger partial charge in [-0.3, -0.25) is 24.6 Å². The molecule has 0 unspecified atom stereocenters. The molecule has 3 aromatic rings. The molecule has 3 aliphatic rings. The van der Waals surface area contributed by atoms with Crippen LogP contribution in [0.2, 0.25) is 0 Å². The maximum Gasteiger partial charge on any atom is 0.269 e. The second-order valence-corrected chi connectivity index (χ2v) is 10.4. The predicted octanol–water partition coefficient (Wildman–Crippen LogP) is 4.72. The first-order chi connectivity index (χ1) is 16.9. The zero-order chi connectivity index (χ0) is 24.3. The van der Waals surface area contributed by atoms with E-state index in [0.29, 0.717) is 11.4 Å². The molecule has 0 aliphatic carbocycles. The van der Waals surface area contributed by atoms with Gasteiger partial charge in [0.25, 0.3) is 5.69 Å². The number of nitro benzene ring substituents is 1. The lowest BCUT2D eigenvalue weighted by Gasteiger charge is -2.36. The van der Waals surface area contributed by atoms with Crippen molar-refractivity contribution in [3.8, 4) is 0 Å². The molecule has 2 saturated heterocycles. The second-order valence-electron chi connectivity index (χ2n) is 9.39. The Morgan fingerprint density at radius 1 is 1.11 bits per heavy atom. The number of hydrogen-bond donors (Lipinski definition) is 1. The molecule has 1 spiro atoms. The monoisotopic (exact) mass is 485 g/mol. The Hall–Kier alpha value is -3.49. The molecule has 7 nitrogen and oxygen atoms in total. The maximum atomic E-state index is 14.4. The molecule has 2 fully saturated rings. The highest BCUT2D eigenvalue weighted by molar-refractivity contribution is 7.99. The largest absolute Gasteiger partial charge is 0.324 e. The number of amides is 1. The number of fused-ring (bicyclic) bond motifs is 4. The van der Waals surface area contributed by atoms with Crippen molar-refractivity contribution in [2.45, 2.75) is 24.4 Å². The van der Waals surface area contributed by atoms with Crippen molar-refractivity contribution in [3.63, 3.8) is 0 Å². The zero-order valence-corrected chi connectivity index (χ0v) is 19.8. The smallest absolute Gasteiger partial charge is 0.269 e. The third kappa shape index (κ3) is 3.10. The molecule has 0 aromatic heterocycles. The Kier molecular flexibility index (Phi) is 5.05. The van der Waals surface area contributed by atoms with E-state index in [1.54, 1.807) is 23.9 Å². The molecule has 6 rings (SSSR count). The van der Waals surface area contributed by atoms with Crippen LogP contribution < -0.4 is 5.32 Å². The Labute approximate surface area is 206 Å². The molecule has 0 bridgehead atoms. The number of para-hydroxylation sites is 1. The summed E-state index contributed by atoms with van der Waals surface area (Å²) < 4.78 is 0. The predicted molar refractivity (Wildman–Crippen MR) is 135 cm³/mol. The van der Waals surface area contributed by atoms with E-state index in [0.717, 1.165) is 28.1 Å². The van der Waals surface area contributed by atoms with Gasteiger partial charge in [-0.25, -0.2) is 0 Å². The minimum atomic E-state index is -1.18. The van der Waals surface area contributed by atoms with Gasteiger partial charge in [0.1, 0.15) is 5.54 Å².